The molecule has 3 rings (SSSR count). The van der Waals surface area contributed by atoms with Crippen LogP contribution in [0.25, 0.3) is 0 Å². The average Bonchev–Trinajstić information content (AvgIpc) is 3.28. The summed E-state index contributed by atoms with van der Waals surface area (Å²) >= 11 is 0. The molecule has 0 amide bonds. The van der Waals surface area contributed by atoms with Crippen LogP contribution >= 0.6 is 0 Å². The van der Waals surface area contributed by atoms with Gasteiger partial charge in [0, 0.05) is 11.6 Å². The molecule has 28 heavy (non-hydrogen) atoms. The first kappa shape index (κ1) is 20.1. The zero-order valence-corrected chi connectivity index (χ0v) is 15.0. The Morgan fingerprint density at radius 3 is 2.54 bits per heavy atom. The van der Waals surface area contributed by atoms with Crippen molar-refractivity contribution in [1.29, 1.82) is 0 Å². The van der Waals surface area contributed by atoms with Gasteiger partial charge in [-0.25, -0.2) is 17.9 Å². The highest BCUT2D eigenvalue weighted by molar-refractivity contribution is 7.89. The van der Waals surface area contributed by atoms with Gasteiger partial charge in [0.1, 0.15) is 0 Å². The fourth-order valence-electron chi connectivity index (χ4n) is 2.21. The van der Waals surface area contributed by atoms with Crippen LogP contribution in [-0.2, 0) is 20.9 Å². The van der Waals surface area contributed by atoms with Crippen LogP contribution in [0.4, 0.5) is 13.2 Å². The number of hydrogen-bond donors (Lipinski definition) is 1. The van der Waals surface area contributed by atoms with Gasteiger partial charge in [-0.2, -0.15) is 13.2 Å². The van der Waals surface area contributed by atoms with E-state index in [4.69, 9.17) is 9.15 Å². The van der Waals surface area contributed by atoms with E-state index in [1.807, 2.05) is 0 Å². The first-order valence-corrected chi connectivity index (χ1v) is 9.54. The Balaban J connectivity index is 1.62. The number of rotatable bonds is 7. The highest BCUT2D eigenvalue weighted by Gasteiger charge is 2.32. The first-order valence-electron chi connectivity index (χ1n) is 8.06. The van der Waals surface area contributed by atoms with Gasteiger partial charge >= 0.3 is 12.1 Å². The highest BCUT2D eigenvalue weighted by Crippen LogP contribution is 2.29. The number of carbonyl (C=O) groups is 2. The Labute approximate surface area is 157 Å². The first-order chi connectivity index (χ1) is 13.1. The van der Waals surface area contributed by atoms with Gasteiger partial charge in [-0.3, -0.25) is 4.79 Å². The number of benzene rings is 1. The molecule has 0 bridgehead atoms. The minimum atomic E-state index is -4.61. The van der Waals surface area contributed by atoms with Gasteiger partial charge in [-0.1, -0.05) is 12.1 Å². The molecule has 1 heterocycles. The predicted octanol–water partition coefficient (Wildman–Crippen LogP) is 2.78. The van der Waals surface area contributed by atoms with Gasteiger partial charge in [0.05, 0.1) is 5.56 Å². The summed E-state index contributed by atoms with van der Waals surface area (Å²) in [5.41, 5.74) is -1.28. The number of Topliss-reactive ketones (excluding diaryl/α,β-unsaturated/α-hetero) is 1. The Morgan fingerprint density at radius 1 is 1.18 bits per heavy atom. The Morgan fingerprint density at radius 2 is 1.89 bits per heavy atom. The number of esters is 1. The zero-order valence-electron chi connectivity index (χ0n) is 14.2. The highest BCUT2D eigenvalue weighted by atomic mass is 32.2. The Hall–Kier alpha value is -2.66. The third-order valence-corrected chi connectivity index (χ3v) is 5.19. The third kappa shape index (κ3) is 4.78. The lowest BCUT2D eigenvalue weighted by molar-refractivity contribution is -0.137. The Kier molecular flexibility index (Phi) is 5.31. The van der Waals surface area contributed by atoms with Crippen LogP contribution in [-0.4, -0.2) is 32.8 Å². The predicted molar refractivity (Wildman–Crippen MR) is 88.1 cm³/mol. The monoisotopic (exact) mass is 417 g/mol. The van der Waals surface area contributed by atoms with Crippen LogP contribution in [0.2, 0.25) is 0 Å². The standard InChI is InChI=1S/C17H14F3NO6S/c18-17(19,20)11-3-1-2-10(8-11)13(22)9-26-16(23)14-6-7-15(27-14)28(24,25)21-12-4-5-12/h1-3,6-8,12,21H,4-5,9H2. The molecule has 0 saturated heterocycles. The second-order valence-corrected chi connectivity index (χ2v) is 7.74. The van der Waals surface area contributed by atoms with Gasteiger partial charge in [-0.05, 0) is 37.1 Å². The molecule has 7 nitrogen and oxygen atoms in total. The molecule has 0 unspecified atom stereocenters. The van der Waals surface area contributed by atoms with Crippen molar-refractivity contribution in [3.63, 3.8) is 0 Å². The Bertz CT molecular complexity index is 1010. The summed E-state index contributed by atoms with van der Waals surface area (Å²) in [6, 6.07) is 5.66. The van der Waals surface area contributed by atoms with Crippen molar-refractivity contribution in [2.45, 2.75) is 30.2 Å². The minimum absolute atomic E-state index is 0.157. The number of furan rings is 1. The van der Waals surface area contributed by atoms with E-state index in [2.05, 4.69) is 4.72 Å². The normalized spacial score (nSPS) is 14.7. The van der Waals surface area contributed by atoms with E-state index in [1.54, 1.807) is 0 Å². The molecule has 1 aromatic carbocycles. The molecule has 0 spiro atoms. The largest absolute Gasteiger partial charge is 0.451 e. The van der Waals surface area contributed by atoms with Crippen molar-refractivity contribution in [2.24, 2.45) is 0 Å². The summed E-state index contributed by atoms with van der Waals surface area (Å²) in [6.07, 6.45) is -3.18. The van der Waals surface area contributed by atoms with Gasteiger partial charge < -0.3 is 9.15 Å². The van der Waals surface area contributed by atoms with Crippen molar-refractivity contribution < 1.29 is 40.3 Å². The van der Waals surface area contributed by atoms with E-state index in [0.717, 1.165) is 30.3 Å². The van der Waals surface area contributed by atoms with E-state index in [1.165, 1.54) is 0 Å². The molecular formula is C17H14F3NO6S. The molecular weight excluding hydrogens is 403 g/mol. The number of ether oxygens (including phenoxy) is 1. The van der Waals surface area contributed by atoms with E-state index in [9.17, 15) is 31.2 Å². The lowest BCUT2D eigenvalue weighted by atomic mass is 10.1. The molecule has 1 saturated carbocycles. The van der Waals surface area contributed by atoms with Crippen LogP contribution in [0.1, 0.15) is 39.3 Å². The fourth-order valence-corrected chi connectivity index (χ4v) is 3.44. The maximum atomic E-state index is 12.7. The number of ketones is 1. The molecule has 0 aliphatic heterocycles. The van der Waals surface area contributed by atoms with E-state index in [-0.39, 0.29) is 11.6 Å². The minimum Gasteiger partial charge on any atom is -0.451 e. The molecule has 150 valence electrons. The summed E-state index contributed by atoms with van der Waals surface area (Å²) < 4.78 is 74.0. The third-order valence-electron chi connectivity index (χ3n) is 3.79. The quantitative estimate of drug-likeness (QED) is 0.549. The van der Waals surface area contributed by atoms with Gasteiger partial charge in [-0.15, -0.1) is 0 Å². The molecule has 1 N–H and O–H groups in total. The number of sulfonamides is 1. The van der Waals surface area contributed by atoms with Crippen molar-refractivity contribution in [3.05, 3.63) is 53.3 Å². The average molecular weight is 417 g/mol. The lowest BCUT2D eigenvalue weighted by Crippen LogP contribution is -2.25. The summed E-state index contributed by atoms with van der Waals surface area (Å²) in [6.45, 7) is -0.830. The zero-order chi connectivity index (χ0) is 20.5. The van der Waals surface area contributed by atoms with Crippen LogP contribution in [0.5, 0.6) is 0 Å². The van der Waals surface area contributed by atoms with Gasteiger partial charge in [0.15, 0.2) is 12.4 Å². The molecule has 1 fully saturated rings. The maximum absolute atomic E-state index is 12.7. The van der Waals surface area contributed by atoms with Crippen molar-refractivity contribution in [3.8, 4) is 0 Å². The number of alkyl halides is 3. The van der Waals surface area contributed by atoms with E-state index < -0.39 is 51.0 Å². The summed E-state index contributed by atoms with van der Waals surface area (Å²) in [7, 11) is -3.90. The summed E-state index contributed by atoms with van der Waals surface area (Å²) in [5, 5.41) is -0.476. The van der Waals surface area contributed by atoms with Crippen LogP contribution in [0.15, 0.2) is 45.9 Å². The topological polar surface area (TPSA) is 103 Å². The van der Waals surface area contributed by atoms with Crippen molar-refractivity contribution >= 4 is 21.8 Å². The molecule has 1 aliphatic carbocycles. The molecule has 0 atom stereocenters. The molecule has 0 radical (unpaired) electrons. The lowest BCUT2D eigenvalue weighted by Gasteiger charge is -2.08. The molecule has 1 aliphatic rings. The maximum Gasteiger partial charge on any atom is 0.416 e. The van der Waals surface area contributed by atoms with Crippen LogP contribution in [0.3, 0.4) is 0 Å². The number of nitrogens with one attached hydrogen (secondary N) is 1. The van der Waals surface area contributed by atoms with Gasteiger partial charge in [0.25, 0.3) is 10.0 Å². The molecule has 11 heteroatoms. The van der Waals surface area contributed by atoms with Crippen LogP contribution in [0, 0.1) is 0 Å². The SMILES string of the molecule is O=C(COC(=O)c1ccc(S(=O)(=O)NC2CC2)o1)c1cccc(C(F)(F)F)c1. The number of halogens is 3. The molecule has 1 aromatic heterocycles. The smallest absolute Gasteiger partial charge is 0.416 e. The second-order valence-electron chi connectivity index (χ2n) is 6.09. The summed E-state index contributed by atoms with van der Waals surface area (Å²) in [5.74, 6) is -2.42. The summed E-state index contributed by atoms with van der Waals surface area (Å²) in [4.78, 5) is 23.9. The van der Waals surface area contributed by atoms with E-state index >= 15 is 0 Å². The van der Waals surface area contributed by atoms with Gasteiger partial charge in [0.2, 0.25) is 10.9 Å². The second kappa shape index (κ2) is 7.40. The van der Waals surface area contributed by atoms with Crippen molar-refractivity contribution in [1.82, 2.24) is 4.72 Å². The van der Waals surface area contributed by atoms with Crippen molar-refractivity contribution in [2.75, 3.05) is 6.61 Å². The van der Waals surface area contributed by atoms with Crippen LogP contribution < -0.4 is 4.72 Å². The van der Waals surface area contributed by atoms with E-state index in [0.29, 0.717) is 18.9 Å². The number of hydrogen-bond acceptors (Lipinski definition) is 6. The fraction of sp³-hybridized carbons (Fsp3) is 0.294. The molecule has 2 aromatic rings. The number of carbonyl (C=O) groups excluding carboxylic acids is 2.